The van der Waals surface area contributed by atoms with Crippen LogP contribution in [0, 0.1) is 0 Å². The highest BCUT2D eigenvalue weighted by Gasteiger charge is 2.26. The van der Waals surface area contributed by atoms with E-state index < -0.39 is 0 Å². The topological polar surface area (TPSA) is 59.2 Å². The molecule has 0 radical (unpaired) electrons. The van der Waals surface area contributed by atoms with Crippen molar-refractivity contribution in [3.05, 3.63) is 16.1 Å². The van der Waals surface area contributed by atoms with Crippen LogP contribution < -0.4 is 5.73 Å². The fourth-order valence-corrected chi connectivity index (χ4v) is 3.26. The smallest absolute Gasteiger partial charge is 0.273 e. The Kier molecular flexibility index (Phi) is 6.75. The van der Waals surface area contributed by atoms with Crippen molar-refractivity contribution in [2.45, 2.75) is 51.6 Å². The van der Waals surface area contributed by atoms with Crippen LogP contribution in [0.2, 0.25) is 0 Å². The van der Waals surface area contributed by atoms with E-state index in [2.05, 4.69) is 4.98 Å². The molecule has 6 heteroatoms. The minimum absolute atomic E-state index is 0. The number of nitrogens with zero attached hydrogens (tertiary/aromatic N) is 2. The first kappa shape index (κ1) is 16.4. The van der Waals surface area contributed by atoms with Gasteiger partial charge in [0, 0.05) is 24.5 Å². The molecule has 1 aromatic heterocycles. The first-order chi connectivity index (χ1) is 8.76. The summed E-state index contributed by atoms with van der Waals surface area (Å²) in [4.78, 5) is 18.7. The summed E-state index contributed by atoms with van der Waals surface area (Å²) in [5, 5.41) is 2.66. The molecule has 2 rings (SSSR count). The molecule has 0 bridgehead atoms. The summed E-state index contributed by atoms with van der Waals surface area (Å²) in [6, 6.07) is 0.402. The molecule has 0 unspecified atom stereocenters. The Labute approximate surface area is 124 Å². The van der Waals surface area contributed by atoms with Gasteiger partial charge in [0.25, 0.3) is 5.91 Å². The van der Waals surface area contributed by atoms with E-state index in [1.807, 2.05) is 17.2 Å². The number of carbonyl (C=O) groups excluding carboxylic acids is 1. The predicted molar refractivity (Wildman–Crippen MR) is 80.8 cm³/mol. The number of amides is 1. The average Bonchev–Trinajstić information content (AvgIpc) is 2.89. The third-order valence-electron chi connectivity index (χ3n) is 3.56. The summed E-state index contributed by atoms with van der Waals surface area (Å²) < 4.78 is 0. The lowest BCUT2D eigenvalue weighted by atomic mass is 9.94. The molecule has 108 valence electrons. The number of thiazole rings is 1. The van der Waals surface area contributed by atoms with Gasteiger partial charge in [0.2, 0.25) is 0 Å². The zero-order valence-electron chi connectivity index (χ0n) is 11.3. The monoisotopic (exact) mass is 303 g/mol. The Hall–Kier alpha value is -0.650. The normalized spacial score (nSPS) is 15.9. The Balaban J connectivity index is 0.00000180. The lowest BCUT2D eigenvalue weighted by molar-refractivity contribution is 0.0642. The molecule has 1 aliphatic rings. The van der Waals surface area contributed by atoms with Gasteiger partial charge >= 0.3 is 0 Å². The summed E-state index contributed by atoms with van der Waals surface area (Å²) in [5.74, 6) is 0.0698. The second kappa shape index (κ2) is 7.82. The maximum atomic E-state index is 12.4. The number of halogens is 1. The second-order valence-electron chi connectivity index (χ2n) is 4.71. The van der Waals surface area contributed by atoms with Crippen molar-refractivity contribution in [1.82, 2.24) is 9.88 Å². The van der Waals surface area contributed by atoms with Gasteiger partial charge in [-0.25, -0.2) is 4.98 Å². The highest BCUT2D eigenvalue weighted by atomic mass is 35.5. The lowest BCUT2D eigenvalue weighted by Gasteiger charge is -2.33. The van der Waals surface area contributed by atoms with Gasteiger partial charge in [0.15, 0.2) is 0 Å². The minimum Gasteiger partial charge on any atom is -0.335 e. The van der Waals surface area contributed by atoms with E-state index in [1.165, 1.54) is 30.6 Å². The first-order valence-electron chi connectivity index (χ1n) is 6.71. The number of carbonyl (C=O) groups is 1. The standard InChI is InChI=1S/C13H21N3OS.ClH/c1-2-16(10-6-4-3-5-7-10)13(17)11-9-18-12(8-14)15-11;/h9-10H,2-8,14H2,1H3;1H. The van der Waals surface area contributed by atoms with Gasteiger partial charge in [0.05, 0.1) is 0 Å². The van der Waals surface area contributed by atoms with Gasteiger partial charge in [-0.2, -0.15) is 0 Å². The molecular weight excluding hydrogens is 282 g/mol. The van der Waals surface area contributed by atoms with Crippen LogP contribution in [0.3, 0.4) is 0 Å². The van der Waals surface area contributed by atoms with Crippen molar-refractivity contribution < 1.29 is 4.79 Å². The summed E-state index contributed by atoms with van der Waals surface area (Å²) in [6.45, 7) is 3.22. The lowest BCUT2D eigenvalue weighted by Crippen LogP contribution is -2.41. The number of aromatic nitrogens is 1. The summed E-state index contributed by atoms with van der Waals surface area (Å²) >= 11 is 1.47. The van der Waals surface area contributed by atoms with E-state index in [0.29, 0.717) is 18.3 Å². The molecule has 0 atom stereocenters. The first-order valence-corrected chi connectivity index (χ1v) is 7.59. The van der Waals surface area contributed by atoms with Gasteiger partial charge in [-0.15, -0.1) is 23.7 Å². The number of rotatable bonds is 4. The Bertz CT molecular complexity index is 404. The van der Waals surface area contributed by atoms with Gasteiger partial charge in [-0.05, 0) is 19.8 Å². The summed E-state index contributed by atoms with van der Waals surface area (Å²) in [6.07, 6.45) is 6.04. The van der Waals surface area contributed by atoms with Crippen molar-refractivity contribution in [1.29, 1.82) is 0 Å². The predicted octanol–water partition coefficient (Wildman–Crippen LogP) is 2.82. The number of hydrogen-bond acceptors (Lipinski definition) is 4. The van der Waals surface area contributed by atoms with Crippen LogP contribution in [0.15, 0.2) is 5.38 Å². The van der Waals surface area contributed by atoms with E-state index in [4.69, 9.17) is 5.73 Å². The van der Waals surface area contributed by atoms with E-state index in [-0.39, 0.29) is 18.3 Å². The fraction of sp³-hybridized carbons (Fsp3) is 0.692. The maximum absolute atomic E-state index is 12.4. The molecule has 1 amide bonds. The van der Waals surface area contributed by atoms with Gasteiger partial charge in [-0.3, -0.25) is 4.79 Å². The highest BCUT2D eigenvalue weighted by molar-refractivity contribution is 7.09. The van der Waals surface area contributed by atoms with Gasteiger partial charge in [0.1, 0.15) is 10.7 Å². The van der Waals surface area contributed by atoms with E-state index in [0.717, 1.165) is 24.4 Å². The Morgan fingerprint density at radius 1 is 1.47 bits per heavy atom. The van der Waals surface area contributed by atoms with Crippen LogP contribution in [0.1, 0.15) is 54.5 Å². The number of nitrogens with two attached hydrogens (primary N) is 1. The second-order valence-corrected chi connectivity index (χ2v) is 5.66. The molecule has 1 saturated carbocycles. The van der Waals surface area contributed by atoms with Crippen LogP contribution in [0.5, 0.6) is 0 Å². The van der Waals surface area contributed by atoms with Crippen molar-refractivity contribution >= 4 is 29.7 Å². The Morgan fingerprint density at radius 3 is 2.68 bits per heavy atom. The van der Waals surface area contributed by atoms with Crippen LogP contribution >= 0.6 is 23.7 Å². The minimum atomic E-state index is 0. The maximum Gasteiger partial charge on any atom is 0.273 e. The number of hydrogen-bond donors (Lipinski definition) is 1. The van der Waals surface area contributed by atoms with Crippen molar-refractivity contribution in [2.75, 3.05) is 6.54 Å². The van der Waals surface area contributed by atoms with Crippen molar-refractivity contribution in [3.8, 4) is 0 Å². The van der Waals surface area contributed by atoms with E-state index >= 15 is 0 Å². The molecule has 1 fully saturated rings. The van der Waals surface area contributed by atoms with Crippen molar-refractivity contribution in [3.63, 3.8) is 0 Å². The Morgan fingerprint density at radius 2 is 2.16 bits per heavy atom. The van der Waals surface area contributed by atoms with E-state index in [9.17, 15) is 4.79 Å². The molecule has 0 spiro atoms. The highest BCUT2D eigenvalue weighted by Crippen LogP contribution is 2.24. The average molecular weight is 304 g/mol. The molecule has 2 N–H and O–H groups in total. The molecule has 0 aromatic carbocycles. The largest absolute Gasteiger partial charge is 0.335 e. The SMILES string of the molecule is CCN(C(=O)c1csc(CN)n1)C1CCCCC1.Cl. The third kappa shape index (κ3) is 3.91. The molecular formula is C13H22ClN3OS. The molecule has 4 nitrogen and oxygen atoms in total. The molecule has 1 aliphatic carbocycles. The quantitative estimate of drug-likeness (QED) is 0.930. The van der Waals surface area contributed by atoms with Crippen LogP contribution in [-0.4, -0.2) is 28.4 Å². The molecule has 1 aromatic rings. The molecule has 0 aliphatic heterocycles. The molecule has 1 heterocycles. The fourth-order valence-electron chi connectivity index (χ4n) is 2.61. The zero-order valence-corrected chi connectivity index (χ0v) is 12.9. The van der Waals surface area contributed by atoms with Crippen LogP contribution in [0.4, 0.5) is 0 Å². The third-order valence-corrected chi connectivity index (χ3v) is 4.43. The molecule has 19 heavy (non-hydrogen) atoms. The van der Waals surface area contributed by atoms with Gasteiger partial charge < -0.3 is 10.6 Å². The molecule has 0 saturated heterocycles. The van der Waals surface area contributed by atoms with Gasteiger partial charge in [-0.1, -0.05) is 19.3 Å². The van der Waals surface area contributed by atoms with Crippen LogP contribution in [-0.2, 0) is 6.54 Å². The zero-order chi connectivity index (χ0) is 13.0. The summed E-state index contributed by atoms with van der Waals surface area (Å²) in [5.41, 5.74) is 6.10. The summed E-state index contributed by atoms with van der Waals surface area (Å²) in [7, 11) is 0. The van der Waals surface area contributed by atoms with Crippen LogP contribution in [0.25, 0.3) is 0 Å². The van der Waals surface area contributed by atoms with E-state index in [1.54, 1.807) is 0 Å². The van der Waals surface area contributed by atoms with Crippen molar-refractivity contribution in [2.24, 2.45) is 5.73 Å².